The van der Waals surface area contributed by atoms with Crippen LogP contribution < -0.4 is 0 Å². The first-order valence-electron chi connectivity index (χ1n) is 13.2. The lowest BCUT2D eigenvalue weighted by molar-refractivity contribution is -0.0200. The summed E-state index contributed by atoms with van der Waals surface area (Å²) in [5, 5.41) is 10.6. The third-order valence-corrected chi connectivity index (χ3v) is 7.42. The third-order valence-electron chi connectivity index (χ3n) is 7.42. The number of alkyl halides is 1. The van der Waals surface area contributed by atoms with Gasteiger partial charge in [-0.25, -0.2) is 4.39 Å². The predicted octanol–water partition coefficient (Wildman–Crippen LogP) is 5.77. The van der Waals surface area contributed by atoms with E-state index in [2.05, 4.69) is 33.8 Å². The molecule has 4 rings (SSSR count). The first-order chi connectivity index (χ1) is 17.4. The fourth-order valence-corrected chi connectivity index (χ4v) is 5.11. The van der Waals surface area contributed by atoms with Crippen LogP contribution in [0.5, 0.6) is 0 Å². The molecule has 2 aliphatic heterocycles. The molecule has 0 atom stereocenters. The van der Waals surface area contributed by atoms with Crippen molar-refractivity contribution >= 4 is 0 Å². The van der Waals surface area contributed by atoms with Crippen molar-refractivity contribution in [1.82, 2.24) is 9.80 Å². The van der Waals surface area contributed by atoms with E-state index in [1.807, 2.05) is 48.5 Å². The number of piperidine rings is 2. The normalized spacial score (nSPS) is 18.8. The van der Waals surface area contributed by atoms with Gasteiger partial charge in [0, 0.05) is 65.0 Å². The summed E-state index contributed by atoms with van der Waals surface area (Å²) in [7, 11) is 0. The SMILES string of the molecule is C.C#CCCN1CCC(F)(Cc2ccccc2)CC1.C#CCCN1CCC(O)(Cc2ccccc2)CC1. The first-order valence-corrected chi connectivity index (χ1v) is 13.2. The maximum atomic E-state index is 14.7. The van der Waals surface area contributed by atoms with Gasteiger partial charge in [0.25, 0.3) is 0 Å². The molecule has 37 heavy (non-hydrogen) atoms. The molecule has 2 fully saturated rings. The van der Waals surface area contributed by atoms with Crippen LogP contribution >= 0.6 is 0 Å². The molecule has 0 radical (unpaired) electrons. The summed E-state index contributed by atoms with van der Waals surface area (Å²) in [6.45, 7) is 5.40. The lowest BCUT2D eigenvalue weighted by Crippen LogP contribution is -2.45. The molecule has 0 aliphatic carbocycles. The molecule has 2 aliphatic rings. The van der Waals surface area contributed by atoms with Crippen LogP contribution in [0.15, 0.2) is 60.7 Å². The van der Waals surface area contributed by atoms with Gasteiger partial charge in [-0.1, -0.05) is 68.1 Å². The van der Waals surface area contributed by atoms with Crippen molar-refractivity contribution in [2.45, 2.75) is 70.1 Å². The van der Waals surface area contributed by atoms with E-state index in [0.717, 1.165) is 76.9 Å². The van der Waals surface area contributed by atoms with E-state index < -0.39 is 11.3 Å². The molecule has 3 nitrogen and oxygen atoms in total. The fraction of sp³-hybridized carbons (Fsp3) is 0.515. The van der Waals surface area contributed by atoms with Crippen molar-refractivity contribution < 1.29 is 9.50 Å². The Morgan fingerprint density at radius 1 is 0.703 bits per heavy atom. The monoisotopic (exact) mass is 504 g/mol. The van der Waals surface area contributed by atoms with Crippen molar-refractivity contribution in [3.63, 3.8) is 0 Å². The van der Waals surface area contributed by atoms with E-state index in [-0.39, 0.29) is 7.43 Å². The average Bonchev–Trinajstić information content (AvgIpc) is 2.89. The third kappa shape index (κ3) is 10.7. The summed E-state index contributed by atoms with van der Waals surface area (Å²) in [5.41, 5.74) is 0.747. The number of hydrogen-bond acceptors (Lipinski definition) is 3. The number of rotatable bonds is 8. The second-order valence-electron chi connectivity index (χ2n) is 10.3. The minimum atomic E-state index is -1.03. The number of aliphatic hydroxyl groups is 1. The second kappa shape index (κ2) is 15.6. The Hall–Kier alpha value is -2.63. The zero-order valence-electron chi connectivity index (χ0n) is 21.5. The van der Waals surface area contributed by atoms with E-state index in [1.165, 1.54) is 5.56 Å². The van der Waals surface area contributed by atoms with Gasteiger partial charge in [0.15, 0.2) is 0 Å². The number of nitrogens with zero attached hydrogens (tertiary/aromatic N) is 2. The fourth-order valence-electron chi connectivity index (χ4n) is 5.11. The molecule has 2 aromatic carbocycles. The lowest BCUT2D eigenvalue weighted by atomic mass is 9.85. The highest BCUT2D eigenvalue weighted by molar-refractivity contribution is 5.18. The van der Waals surface area contributed by atoms with Crippen molar-refractivity contribution in [1.29, 1.82) is 0 Å². The molecular weight excluding hydrogens is 459 g/mol. The number of likely N-dealkylation sites (tertiary alicyclic amines) is 2. The molecule has 0 saturated carbocycles. The van der Waals surface area contributed by atoms with E-state index in [1.54, 1.807) is 0 Å². The Balaban J connectivity index is 0.000000253. The topological polar surface area (TPSA) is 26.7 Å². The molecular formula is C33H45FN2O. The van der Waals surface area contributed by atoms with Crippen LogP contribution in [0.25, 0.3) is 0 Å². The van der Waals surface area contributed by atoms with Crippen LogP contribution in [-0.2, 0) is 12.8 Å². The maximum absolute atomic E-state index is 14.7. The van der Waals surface area contributed by atoms with E-state index in [4.69, 9.17) is 12.8 Å². The smallest absolute Gasteiger partial charge is 0.117 e. The van der Waals surface area contributed by atoms with Crippen LogP contribution in [0.4, 0.5) is 4.39 Å². The van der Waals surface area contributed by atoms with Gasteiger partial charge in [-0.05, 0) is 36.8 Å². The van der Waals surface area contributed by atoms with E-state index >= 15 is 0 Å². The molecule has 0 unspecified atom stereocenters. The summed E-state index contributed by atoms with van der Waals surface area (Å²) in [6, 6.07) is 20.2. The molecule has 4 heteroatoms. The van der Waals surface area contributed by atoms with Crippen molar-refractivity contribution in [3.8, 4) is 24.7 Å². The number of hydrogen-bond donors (Lipinski definition) is 1. The van der Waals surface area contributed by atoms with Gasteiger partial charge in [0.2, 0.25) is 0 Å². The van der Waals surface area contributed by atoms with Crippen LogP contribution in [0.1, 0.15) is 57.1 Å². The Morgan fingerprint density at radius 3 is 1.54 bits per heavy atom. The van der Waals surface area contributed by atoms with Gasteiger partial charge >= 0.3 is 0 Å². The Bertz CT molecular complexity index is 881. The summed E-state index contributed by atoms with van der Waals surface area (Å²) in [5.74, 6) is 5.31. The maximum Gasteiger partial charge on any atom is 0.117 e. The quantitative estimate of drug-likeness (QED) is 0.462. The molecule has 2 heterocycles. The molecule has 0 amide bonds. The molecule has 2 saturated heterocycles. The molecule has 2 aromatic rings. The van der Waals surface area contributed by atoms with E-state index in [9.17, 15) is 9.50 Å². The lowest BCUT2D eigenvalue weighted by Gasteiger charge is -2.38. The largest absolute Gasteiger partial charge is 0.389 e. The highest BCUT2D eigenvalue weighted by atomic mass is 19.1. The molecule has 0 bridgehead atoms. The summed E-state index contributed by atoms with van der Waals surface area (Å²) in [6.07, 6.45) is 16.3. The number of terminal acetylenes is 2. The van der Waals surface area contributed by atoms with Crippen LogP contribution in [0, 0.1) is 24.7 Å². The Labute approximate surface area is 225 Å². The predicted molar refractivity (Wildman–Crippen MR) is 154 cm³/mol. The van der Waals surface area contributed by atoms with Gasteiger partial charge in [-0.3, -0.25) is 0 Å². The summed E-state index contributed by atoms with van der Waals surface area (Å²) < 4.78 is 14.7. The van der Waals surface area contributed by atoms with Gasteiger partial charge in [0.1, 0.15) is 5.67 Å². The Kier molecular flexibility index (Phi) is 12.9. The van der Waals surface area contributed by atoms with Gasteiger partial charge in [-0.15, -0.1) is 24.7 Å². The van der Waals surface area contributed by atoms with Gasteiger partial charge in [0.05, 0.1) is 5.60 Å². The van der Waals surface area contributed by atoms with Crippen LogP contribution in [0.3, 0.4) is 0 Å². The molecule has 200 valence electrons. The number of halogens is 1. The standard InChI is InChI=1S/C16H20FN.C16H21NO.CH4/c1-2-3-11-18-12-9-16(17,10-13-18)14-15-7-5-4-6-8-15;1-2-3-11-17-12-9-16(18,10-13-17)14-15-7-5-4-6-8-15;/h1,4-8H,3,9-14H2;1,4-8,18H,3,9-14H2;1H4. The van der Waals surface area contributed by atoms with E-state index in [0.29, 0.717) is 19.3 Å². The van der Waals surface area contributed by atoms with Gasteiger partial charge in [-0.2, -0.15) is 0 Å². The van der Waals surface area contributed by atoms with Crippen LogP contribution in [-0.4, -0.2) is 65.4 Å². The highest BCUT2D eigenvalue weighted by Gasteiger charge is 2.34. The zero-order chi connectivity index (χ0) is 25.7. The molecule has 1 N–H and O–H groups in total. The molecule has 0 aromatic heterocycles. The summed E-state index contributed by atoms with van der Waals surface area (Å²) >= 11 is 0. The van der Waals surface area contributed by atoms with Crippen molar-refractivity contribution in [3.05, 3.63) is 71.8 Å². The molecule has 0 spiro atoms. The zero-order valence-corrected chi connectivity index (χ0v) is 21.5. The number of benzene rings is 2. The van der Waals surface area contributed by atoms with Crippen molar-refractivity contribution in [2.24, 2.45) is 0 Å². The minimum Gasteiger partial charge on any atom is -0.389 e. The summed E-state index contributed by atoms with van der Waals surface area (Å²) in [4.78, 5) is 4.61. The van der Waals surface area contributed by atoms with Crippen LogP contribution in [0.2, 0.25) is 0 Å². The first kappa shape index (κ1) is 30.6. The highest BCUT2D eigenvalue weighted by Crippen LogP contribution is 2.30. The Morgan fingerprint density at radius 2 is 1.11 bits per heavy atom. The second-order valence-corrected chi connectivity index (χ2v) is 10.3. The average molecular weight is 505 g/mol. The van der Waals surface area contributed by atoms with Crippen molar-refractivity contribution in [2.75, 3.05) is 39.3 Å². The van der Waals surface area contributed by atoms with Gasteiger partial charge < -0.3 is 14.9 Å². The minimum absolute atomic E-state index is 0.